The Morgan fingerprint density at radius 3 is 1.27 bits per heavy atom. The van der Waals surface area contributed by atoms with E-state index in [1.54, 1.807) is 6.07 Å². The zero-order chi connectivity index (χ0) is 37.4. The lowest BCUT2D eigenvalue weighted by Gasteiger charge is -2.16. The van der Waals surface area contributed by atoms with Crippen molar-refractivity contribution in [3.05, 3.63) is 206 Å². The van der Waals surface area contributed by atoms with E-state index in [1.165, 1.54) is 6.07 Å². The van der Waals surface area contributed by atoms with E-state index in [1.807, 2.05) is 91.0 Å². The summed E-state index contributed by atoms with van der Waals surface area (Å²) in [6, 6.07) is 67.1. The molecule has 56 heavy (non-hydrogen) atoms. The lowest BCUT2D eigenvalue weighted by Crippen LogP contribution is -2.03. The van der Waals surface area contributed by atoms with E-state index in [0.29, 0.717) is 34.2 Å². The molecule has 0 aliphatic heterocycles. The van der Waals surface area contributed by atoms with Crippen LogP contribution in [0.15, 0.2) is 200 Å². The largest absolute Gasteiger partial charge is 0.309 e. The van der Waals surface area contributed by atoms with Gasteiger partial charge in [-0.25, -0.2) is 19.3 Å². The molecule has 10 rings (SSSR count). The molecule has 0 unspecified atom stereocenters. The summed E-state index contributed by atoms with van der Waals surface area (Å²) in [7, 11) is 0. The normalized spacial score (nSPS) is 11.3. The zero-order valence-corrected chi connectivity index (χ0v) is 30.2. The molecule has 0 fully saturated rings. The number of rotatable bonds is 7. The highest BCUT2D eigenvalue weighted by atomic mass is 19.1. The molecule has 0 bridgehead atoms. The molecule has 2 aromatic heterocycles. The minimum Gasteiger partial charge on any atom is -0.309 e. The first-order chi connectivity index (χ1) is 27.7. The van der Waals surface area contributed by atoms with Crippen LogP contribution >= 0.6 is 0 Å². The van der Waals surface area contributed by atoms with Gasteiger partial charge >= 0.3 is 0 Å². The summed E-state index contributed by atoms with van der Waals surface area (Å²) in [4.78, 5) is 15.2. The number of nitrogens with zero attached hydrogens (tertiary/aromatic N) is 4. The Hall–Kier alpha value is -7.50. The third-order valence-electron chi connectivity index (χ3n) is 10.3. The van der Waals surface area contributed by atoms with Gasteiger partial charge in [-0.3, -0.25) is 0 Å². The SMILES string of the molecule is Fc1ccccc1-c1ccc(-n2c3cc(-c4ccccc4)ccc3c3ccc(-c4ccccc4)cc32)cc1-c1nc(-c2ccccc2)nc(-c2ccccc2)n1. The van der Waals surface area contributed by atoms with Crippen LogP contribution in [-0.2, 0) is 0 Å². The van der Waals surface area contributed by atoms with Crippen LogP contribution in [0, 0.1) is 5.82 Å². The number of fused-ring (bicyclic) bond motifs is 3. The third kappa shape index (κ3) is 6.02. The van der Waals surface area contributed by atoms with Gasteiger partial charge in [0.05, 0.1) is 11.0 Å². The topological polar surface area (TPSA) is 43.6 Å². The fourth-order valence-corrected chi connectivity index (χ4v) is 7.62. The van der Waals surface area contributed by atoms with Gasteiger partial charge in [0.2, 0.25) is 0 Å². The summed E-state index contributed by atoms with van der Waals surface area (Å²) in [6.45, 7) is 0. The quantitative estimate of drug-likeness (QED) is 0.165. The Bertz CT molecular complexity index is 2860. The second-order valence-electron chi connectivity index (χ2n) is 13.8. The van der Waals surface area contributed by atoms with Crippen LogP contribution in [0.2, 0.25) is 0 Å². The van der Waals surface area contributed by atoms with Crippen LogP contribution in [-0.4, -0.2) is 19.5 Å². The molecule has 8 aromatic carbocycles. The van der Waals surface area contributed by atoms with Crippen LogP contribution < -0.4 is 0 Å². The first-order valence-corrected chi connectivity index (χ1v) is 18.6. The summed E-state index contributed by atoms with van der Waals surface area (Å²) >= 11 is 0. The van der Waals surface area contributed by atoms with E-state index in [4.69, 9.17) is 15.0 Å². The third-order valence-corrected chi connectivity index (χ3v) is 10.3. The van der Waals surface area contributed by atoms with Crippen LogP contribution in [0.4, 0.5) is 4.39 Å². The Labute approximate surface area is 323 Å². The fraction of sp³-hybridized carbons (Fsp3) is 0. The molecule has 10 aromatic rings. The van der Waals surface area contributed by atoms with Crippen molar-refractivity contribution in [1.82, 2.24) is 19.5 Å². The molecule has 0 amide bonds. The van der Waals surface area contributed by atoms with Crippen molar-refractivity contribution in [2.24, 2.45) is 0 Å². The second kappa shape index (κ2) is 14.0. The van der Waals surface area contributed by atoms with Gasteiger partial charge in [-0.1, -0.05) is 170 Å². The molecule has 0 spiro atoms. The predicted molar refractivity (Wildman–Crippen MR) is 227 cm³/mol. The first kappa shape index (κ1) is 33.1. The van der Waals surface area contributed by atoms with Crippen LogP contribution in [0.5, 0.6) is 0 Å². The van der Waals surface area contributed by atoms with Crippen molar-refractivity contribution in [3.8, 4) is 73.2 Å². The molecular formula is C51H33FN4. The number of hydrogen-bond acceptors (Lipinski definition) is 3. The number of hydrogen-bond donors (Lipinski definition) is 0. The molecule has 0 saturated carbocycles. The maximum absolute atomic E-state index is 15.8. The van der Waals surface area contributed by atoms with Crippen molar-refractivity contribution >= 4 is 21.8 Å². The average Bonchev–Trinajstić information content (AvgIpc) is 3.60. The van der Waals surface area contributed by atoms with Gasteiger partial charge in [-0.05, 0) is 58.1 Å². The van der Waals surface area contributed by atoms with E-state index in [0.717, 1.165) is 60.9 Å². The van der Waals surface area contributed by atoms with E-state index in [-0.39, 0.29) is 5.82 Å². The minimum absolute atomic E-state index is 0.320. The van der Waals surface area contributed by atoms with Crippen LogP contribution in [0.25, 0.3) is 95.0 Å². The summed E-state index contributed by atoms with van der Waals surface area (Å²) in [5.74, 6) is 1.21. The van der Waals surface area contributed by atoms with Gasteiger partial charge in [0, 0.05) is 38.7 Å². The second-order valence-corrected chi connectivity index (χ2v) is 13.8. The molecule has 0 aliphatic rings. The maximum Gasteiger partial charge on any atom is 0.164 e. The van der Waals surface area contributed by atoms with E-state index in [2.05, 4.69) is 102 Å². The number of aromatic nitrogens is 4. The molecule has 4 nitrogen and oxygen atoms in total. The Morgan fingerprint density at radius 1 is 0.321 bits per heavy atom. The van der Waals surface area contributed by atoms with Gasteiger partial charge in [0.15, 0.2) is 17.5 Å². The molecule has 0 N–H and O–H groups in total. The number of benzene rings is 8. The van der Waals surface area contributed by atoms with Gasteiger partial charge in [0.1, 0.15) is 5.82 Å². The van der Waals surface area contributed by atoms with Gasteiger partial charge < -0.3 is 4.57 Å². The lowest BCUT2D eigenvalue weighted by molar-refractivity contribution is 0.631. The smallest absolute Gasteiger partial charge is 0.164 e. The van der Waals surface area contributed by atoms with Crippen molar-refractivity contribution in [2.45, 2.75) is 0 Å². The van der Waals surface area contributed by atoms with Crippen molar-refractivity contribution in [1.29, 1.82) is 0 Å². The number of halogens is 1. The van der Waals surface area contributed by atoms with Crippen molar-refractivity contribution in [3.63, 3.8) is 0 Å². The average molecular weight is 721 g/mol. The molecule has 0 aliphatic carbocycles. The Kier molecular flexibility index (Phi) is 8.30. The molecule has 5 heteroatoms. The summed E-state index contributed by atoms with van der Waals surface area (Å²) < 4.78 is 18.1. The van der Waals surface area contributed by atoms with Crippen molar-refractivity contribution in [2.75, 3.05) is 0 Å². The first-order valence-electron chi connectivity index (χ1n) is 18.6. The van der Waals surface area contributed by atoms with E-state index >= 15 is 4.39 Å². The standard InChI is InChI=1S/C51H33FN4/c52-46-24-14-13-23-42(46)41-30-27-40(33-45(41)51-54-49(36-19-9-3-10-20-36)53-50(55-51)37-21-11-4-12-22-37)56-47-31-38(34-15-5-1-6-16-34)25-28-43(47)44-29-26-39(32-48(44)56)35-17-7-2-8-18-35/h1-33H. The molecule has 0 atom stereocenters. The van der Waals surface area contributed by atoms with Gasteiger partial charge in [-0.2, -0.15) is 0 Å². The van der Waals surface area contributed by atoms with Crippen LogP contribution in [0.1, 0.15) is 0 Å². The molecule has 0 radical (unpaired) electrons. The minimum atomic E-state index is -0.320. The van der Waals surface area contributed by atoms with E-state index < -0.39 is 0 Å². The molecular weight excluding hydrogens is 688 g/mol. The summed E-state index contributed by atoms with van der Waals surface area (Å²) in [6.07, 6.45) is 0. The van der Waals surface area contributed by atoms with Crippen LogP contribution in [0.3, 0.4) is 0 Å². The highest BCUT2D eigenvalue weighted by molar-refractivity contribution is 6.11. The van der Waals surface area contributed by atoms with Gasteiger partial charge in [0.25, 0.3) is 0 Å². The monoisotopic (exact) mass is 720 g/mol. The summed E-state index contributed by atoms with van der Waals surface area (Å²) in [5, 5.41) is 2.27. The van der Waals surface area contributed by atoms with Crippen molar-refractivity contribution < 1.29 is 4.39 Å². The maximum atomic E-state index is 15.8. The molecule has 264 valence electrons. The zero-order valence-electron chi connectivity index (χ0n) is 30.2. The lowest BCUT2D eigenvalue weighted by atomic mass is 9.97. The van der Waals surface area contributed by atoms with E-state index in [9.17, 15) is 0 Å². The Morgan fingerprint density at radius 2 is 0.768 bits per heavy atom. The Balaban J connectivity index is 1.27. The highest BCUT2D eigenvalue weighted by Crippen LogP contribution is 2.40. The fourth-order valence-electron chi connectivity index (χ4n) is 7.62. The molecule has 2 heterocycles. The molecule has 0 saturated heterocycles. The summed E-state index contributed by atoms with van der Waals surface area (Å²) in [5.41, 5.74) is 11.1. The van der Waals surface area contributed by atoms with Gasteiger partial charge in [-0.15, -0.1) is 0 Å². The predicted octanol–water partition coefficient (Wildman–Crippen LogP) is 13.1. The highest BCUT2D eigenvalue weighted by Gasteiger charge is 2.21.